The first-order chi connectivity index (χ1) is 11.4. The van der Waals surface area contributed by atoms with Crippen molar-refractivity contribution >= 4 is 10.0 Å². The topological polar surface area (TPSA) is 73.9 Å². The highest BCUT2D eigenvalue weighted by molar-refractivity contribution is 7.89. The van der Waals surface area contributed by atoms with E-state index in [9.17, 15) is 8.42 Å². The van der Waals surface area contributed by atoms with Crippen LogP contribution in [-0.2, 0) is 16.6 Å². The van der Waals surface area contributed by atoms with E-state index in [4.69, 9.17) is 14.2 Å². The van der Waals surface area contributed by atoms with Crippen LogP contribution in [-0.4, -0.2) is 22.3 Å². The molecule has 0 atom stereocenters. The minimum Gasteiger partial charge on any atom is -0.496 e. The highest BCUT2D eigenvalue weighted by atomic mass is 32.2. The minimum absolute atomic E-state index is 0.170. The third-order valence-electron chi connectivity index (χ3n) is 4.10. The van der Waals surface area contributed by atoms with E-state index in [1.165, 1.54) is 0 Å². The van der Waals surface area contributed by atoms with Crippen LogP contribution in [0, 0.1) is 13.8 Å². The van der Waals surface area contributed by atoms with Gasteiger partial charge < -0.3 is 14.2 Å². The summed E-state index contributed by atoms with van der Waals surface area (Å²) >= 11 is 0. The van der Waals surface area contributed by atoms with E-state index in [0.29, 0.717) is 22.8 Å². The minimum atomic E-state index is -3.63. The van der Waals surface area contributed by atoms with Gasteiger partial charge in [0.1, 0.15) is 5.75 Å². The van der Waals surface area contributed by atoms with Gasteiger partial charge >= 0.3 is 0 Å². The van der Waals surface area contributed by atoms with Crippen LogP contribution in [0.25, 0.3) is 0 Å². The summed E-state index contributed by atoms with van der Waals surface area (Å²) in [5.74, 6) is 1.97. The van der Waals surface area contributed by atoms with Crippen LogP contribution in [0.1, 0.15) is 16.7 Å². The van der Waals surface area contributed by atoms with Gasteiger partial charge in [-0.25, -0.2) is 13.1 Å². The van der Waals surface area contributed by atoms with E-state index in [1.807, 2.05) is 13.0 Å². The average Bonchev–Trinajstić information content (AvgIpc) is 3.03. The van der Waals surface area contributed by atoms with Gasteiger partial charge in [-0.2, -0.15) is 0 Å². The predicted octanol–water partition coefficient (Wildman–Crippen LogP) is 2.52. The Bertz CT molecular complexity index is 877. The maximum atomic E-state index is 12.6. The summed E-state index contributed by atoms with van der Waals surface area (Å²) < 4.78 is 43.6. The van der Waals surface area contributed by atoms with Gasteiger partial charge in [-0.15, -0.1) is 0 Å². The van der Waals surface area contributed by atoms with Crippen LogP contribution in [0.4, 0.5) is 0 Å². The van der Waals surface area contributed by atoms with Crippen LogP contribution >= 0.6 is 0 Å². The summed E-state index contributed by atoms with van der Waals surface area (Å²) in [5.41, 5.74) is 2.28. The highest BCUT2D eigenvalue weighted by Gasteiger charge is 2.20. The van der Waals surface area contributed by atoms with Crippen molar-refractivity contribution in [2.24, 2.45) is 0 Å². The zero-order chi connectivity index (χ0) is 17.3. The molecule has 0 aliphatic carbocycles. The number of ether oxygens (including phenoxy) is 3. The Balaban J connectivity index is 1.81. The van der Waals surface area contributed by atoms with Crippen LogP contribution in [0.15, 0.2) is 35.2 Å². The number of rotatable bonds is 5. The van der Waals surface area contributed by atoms with Crippen molar-refractivity contribution in [1.29, 1.82) is 0 Å². The number of methoxy groups -OCH3 is 1. The van der Waals surface area contributed by atoms with Gasteiger partial charge in [0, 0.05) is 6.54 Å². The molecule has 0 saturated heterocycles. The Morgan fingerprint density at radius 2 is 1.83 bits per heavy atom. The molecule has 0 unspecified atom stereocenters. The van der Waals surface area contributed by atoms with Crippen molar-refractivity contribution in [1.82, 2.24) is 4.72 Å². The third-order valence-corrected chi connectivity index (χ3v) is 5.65. The second kappa shape index (κ2) is 6.33. The molecule has 0 fully saturated rings. The Labute approximate surface area is 141 Å². The zero-order valence-corrected chi connectivity index (χ0v) is 14.6. The van der Waals surface area contributed by atoms with Crippen LogP contribution in [0.5, 0.6) is 17.2 Å². The van der Waals surface area contributed by atoms with Gasteiger partial charge in [0.15, 0.2) is 11.5 Å². The van der Waals surface area contributed by atoms with Crippen LogP contribution in [0.2, 0.25) is 0 Å². The van der Waals surface area contributed by atoms with E-state index in [0.717, 1.165) is 11.1 Å². The molecule has 0 amide bonds. The molecular formula is C17H19NO5S. The molecule has 1 aliphatic rings. The normalized spacial score (nSPS) is 13.1. The molecule has 0 spiro atoms. The van der Waals surface area contributed by atoms with Gasteiger partial charge in [-0.3, -0.25) is 0 Å². The molecule has 128 valence electrons. The number of hydrogen-bond donors (Lipinski definition) is 1. The van der Waals surface area contributed by atoms with Gasteiger partial charge in [0.05, 0.1) is 12.0 Å². The number of sulfonamides is 1. The van der Waals surface area contributed by atoms with Crippen molar-refractivity contribution in [3.63, 3.8) is 0 Å². The lowest BCUT2D eigenvalue weighted by atomic mass is 10.1. The molecule has 0 saturated carbocycles. The second-order valence-electron chi connectivity index (χ2n) is 5.53. The Kier molecular flexibility index (Phi) is 4.38. The lowest BCUT2D eigenvalue weighted by Crippen LogP contribution is -2.24. The second-order valence-corrected chi connectivity index (χ2v) is 7.26. The molecular weight excluding hydrogens is 330 g/mol. The molecule has 1 aliphatic heterocycles. The van der Waals surface area contributed by atoms with Gasteiger partial charge in [0.2, 0.25) is 16.8 Å². The molecule has 0 bridgehead atoms. The Morgan fingerprint density at radius 3 is 2.58 bits per heavy atom. The van der Waals surface area contributed by atoms with Crippen LogP contribution < -0.4 is 18.9 Å². The summed E-state index contributed by atoms with van der Waals surface area (Å²) in [6, 6.07) is 8.58. The van der Waals surface area contributed by atoms with E-state index in [-0.39, 0.29) is 18.2 Å². The first-order valence-corrected chi connectivity index (χ1v) is 8.93. The maximum absolute atomic E-state index is 12.6. The molecule has 1 heterocycles. The zero-order valence-electron chi connectivity index (χ0n) is 13.8. The van der Waals surface area contributed by atoms with Crippen molar-refractivity contribution < 1.29 is 22.6 Å². The third kappa shape index (κ3) is 3.05. The van der Waals surface area contributed by atoms with Gasteiger partial charge in [-0.05, 0) is 54.8 Å². The molecule has 1 N–H and O–H groups in total. The summed E-state index contributed by atoms with van der Waals surface area (Å²) in [6.45, 7) is 3.97. The van der Waals surface area contributed by atoms with Gasteiger partial charge in [0.25, 0.3) is 0 Å². The quantitative estimate of drug-likeness (QED) is 0.898. The summed E-state index contributed by atoms with van der Waals surface area (Å²) in [7, 11) is -2.06. The summed E-state index contributed by atoms with van der Waals surface area (Å²) in [5, 5.41) is 0. The molecule has 0 aromatic heterocycles. The average molecular weight is 349 g/mol. The molecule has 24 heavy (non-hydrogen) atoms. The monoisotopic (exact) mass is 349 g/mol. The van der Waals surface area contributed by atoms with Crippen molar-refractivity contribution in [3.05, 3.63) is 47.0 Å². The smallest absolute Gasteiger partial charge is 0.241 e. The van der Waals surface area contributed by atoms with E-state index < -0.39 is 10.0 Å². The molecule has 2 aromatic rings. The largest absolute Gasteiger partial charge is 0.496 e. The lowest BCUT2D eigenvalue weighted by molar-refractivity contribution is 0.174. The number of nitrogens with one attached hydrogen (secondary N) is 1. The van der Waals surface area contributed by atoms with E-state index >= 15 is 0 Å². The Morgan fingerprint density at radius 1 is 1.08 bits per heavy atom. The van der Waals surface area contributed by atoms with Gasteiger partial charge in [-0.1, -0.05) is 6.07 Å². The Hall–Kier alpha value is -2.25. The highest BCUT2D eigenvalue weighted by Crippen LogP contribution is 2.32. The molecule has 0 radical (unpaired) electrons. The molecule has 7 heteroatoms. The SMILES string of the molecule is COc1ccc(S(=O)(=O)NCc2ccc3c(c2)OCO3)c(C)c1C. The summed E-state index contributed by atoms with van der Waals surface area (Å²) in [6.07, 6.45) is 0. The van der Waals surface area contributed by atoms with Crippen LogP contribution in [0.3, 0.4) is 0 Å². The molecule has 6 nitrogen and oxygen atoms in total. The first-order valence-electron chi connectivity index (χ1n) is 7.45. The molecule has 2 aromatic carbocycles. The predicted molar refractivity (Wildman–Crippen MR) is 89.1 cm³/mol. The standard InChI is InChI=1S/C17H19NO5S/c1-11-12(2)17(7-6-14(11)21-3)24(19,20)18-9-13-4-5-15-16(8-13)23-10-22-15/h4-8,18H,9-10H2,1-3H3. The van der Waals surface area contributed by atoms with E-state index in [2.05, 4.69) is 4.72 Å². The fraction of sp³-hybridized carbons (Fsp3) is 0.294. The fourth-order valence-electron chi connectivity index (χ4n) is 2.59. The first kappa shape index (κ1) is 16.6. The number of fused-ring (bicyclic) bond motifs is 1. The van der Waals surface area contributed by atoms with Crippen molar-refractivity contribution in [3.8, 4) is 17.2 Å². The number of benzene rings is 2. The summed E-state index contributed by atoms with van der Waals surface area (Å²) in [4.78, 5) is 0.251. The maximum Gasteiger partial charge on any atom is 0.241 e. The van der Waals surface area contributed by atoms with E-state index in [1.54, 1.807) is 38.3 Å². The van der Waals surface area contributed by atoms with Crippen molar-refractivity contribution in [2.75, 3.05) is 13.9 Å². The lowest BCUT2D eigenvalue weighted by Gasteiger charge is -2.14. The number of hydrogen-bond acceptors (Lipinski definition) is 5. The molecule has 3 rings (SSSR count). The fourth-order valence-corrected chi connectivity index (χ4v) is 3.91. The van der Waals surface area contributed by atoms with Crippen molar-refractivity contribution in [2.45, 2.75) is 25.3 Å².